The molecule has 27 heavy (non-hydrogen) atoms. The Balaban J connectivity index is 1.43. The zero-order chi connectivity index (χ0) is 18.8. The summed E-state index contributed by atoms with van der Waals surface area (Å²) in [6, 6.07) is 0. The van der Waals surface area contributed by atoms with Crippen LogP contribution in [0.25, 0.3) is 0 Å². The van der Waals surface area contributed by atoms with Crippen molar-refractivity contribution in [2.45, 2.75) is 58.8 Å². The number of rotatable bonds is 1. The lowest BCUT2D eigenvalue weighted by Crippen LogP contribution is -2.51. The van der Waals surface area contributed by atoms with Crippen molar-refractivity contribution in [3.05, 3.63) is 34.9 Å². The molecule has 0 spiro atoms. The number of nitrogens with zero attached hydrogens (tertiary/aromatic N) is 1. The molecule has 0 aromatic rings. The number of carbonyl (C=O) groups is 1. The minimum atomic E-state index is -0.201. The first-order valence-corrected chi connectivity index (χ1v) is 10.5. The van der Waals surface area contributed by atoms with Crippen LogP contribution >= 0.6 is 0 Å². The average molecular weight is 367 g/mol. The van der Waals surface area contributed by atoms with Crippen LogP contribution in [-0.4, -0.2) is 23.5 Å². The van der Waals surface area contributed by atoms with Gasteiger partial charge in [0.15, 0.2) is 0 Å². The van der Waals surface area contributed by atoms with Crippen LogP contribution in [0, 0.1) is 28.6 Å². The lowest BCUT2D eigenvalue weighted by Gasteiger charge is -2.58. The topological polar surface area (TPSA) is 58.9 Å². The summed E-state index contributed by atoms with van der Waals surface area (Å²) in [7, 11) is 0. The summed E-state index contributed by atoms with van der Waals surface area (Å²) in [5.41, 5.74) is 5.40. The summed E-state index contributed by atoms with van der Waals surface area (Å²) < 4.78 is 5.19. The van der Waals surface area contributed by atoms with E-state index in [4.69, 9.17) is 4.74 Å². The van der Waals surface area contributed by atoms with Gasteiger partial charge in [-0.3, -0.25) is 0 Å². The van der Waals surface area contributed by atoms with E-state index >= 15 is 0 Å². The lowest BCUT2D eigenvalue weighted by molar-refractivity contribution is -0.134. The summed E-state index contributed by atoms with van der Waals surface area (Å²) in [6.07, 6.45) is 14.2. The van der Waals surface area contributed by atoms with Gasteiger partial charge in [-0.15, -0.1) is 0 Å². The maximum atomic E-state index is 11.6. The Morgan fingerprint density at radius 3 is 2.78 bits per heavy atom. The molecule has 0 unspecified atom stereocenters. The van der Waals surface area contributed by atoms with Gasteiger partial charge in [0.05, 0.1) is 5.71 Å². The number of oxime groups is 1. The van der Waals surface area contributed by atoms with Gasteiger partial charge in [-0.2, -0.15) is 0 Å². The first-order chi connectivity index (χ1) is 13.0. The zero-order valence-corrected chi connectivity index (χ0v) is 16.3. The molecule has 1 aliphatic heterocycles. The Bertz CT molecular complexity index is 819. The number of carbonyl (C=O) groups excluding carboxylic acids is 1. The predicted molar refractivity (Wildman–Crippen MR) is 103 cm³/mol. The molecule has 0 aromatic heterocycles. The second kappa shape index (κ2) is 5.83. The standard InChI is InChI=1S/C23H29NO3/c1-22-9-7-16(24-26)12-15(22)3-4-17-19-6-5-18(14-11-21(25)27-13-14)23(19,2)10-8-20(17)22/h5-6,11,15,17,20,26H,3-4,7-10,12-13H2,1-2H3/b24-16+/t15-,17-,20-,22-,23+/m0/s1. The minimum Gasteiger partial charge on any atom is -0.458 e. The van der Waals surface area contributed by atoms with E-state index in [0.717, 1.165) is 42.9 Å². The molecule has 1 N–H and O–H groups in total. The van der Waals surface area contributed by atoms with Crippen LogP contribution in [-0.2, 0) is 9.53 Å². The SMILES string of the molecule is C[C@]12CC[C@H]3[C@@H](CC[C@H]4C/C(=N/O)CC[C@@]43C)C1=CC=C2C1=CC(=O)OC1. The van der Waals surface area contributed by atoms with Gasteiger partial charge in [-0.05, 0) is 73.7 Å². The fourth-order valence-electron chi connectivity index (χ4n) is 7.14. The third-order valence-corrected chi connectivity index (χ3v) is 8.69. The normalized spacial score (nSPS) is 44.7. The van der Waals surface area contributed by atoms with Gasteiger partial charge in [-0.1, -0.05) is 36.7 Å². The van der Waals surface area contributed by atoms with Crippen molar-refractivity contribution in [2.24, 2.45) is 33.7 Å². The van der Waals surface area contributed by atoms with Crippen molar-refractivity contribution in [3.63, 3.8) is 0 Å². The van der Waals surface area contributed by atoms with E-state index in [0.29, 0.717) is 23.9 Å². The Labute approximate surface area is 161 Å². The van der Waals surface area contributed by atoms with Crippen molar-refractivity contribution in [3.8, 4) is 0 Å². The molecule has 5 rings (SSSR count). The highest BCUT2D eigenvalue weighted by molar-refractivity contribution is 5.87. The molecule has 5 atom stereocenters. The van der Waals surface area contributed by atoms with Crippen LogP contribution in [0.3, 0.4) is 0 Å². The molecule has 4 heteroatoms. The smallest absolute Gasteiger partial charge is 0.331 e. The van der Waals surface area contributed by atoms with Gasteiger partial charge in [-0.25, -0.2) is 4.79 Å². The molecule has 144 valence electrons. The van der Waals surface area contributed by atoms with Crippen molar-refractivity contribution >= 4 is 11.7 Å². The fraction of sp³-hybridized carbons (Fsp3) is 0.652. The van der Waals surface area contributed by atoms with Gasteiger partial charge < -0.3 is 9.94 Å². The van der Waals surface area contributed by atoms with E-state index < -0.39 is 0 Å². The van der Waals surface area contributed by atoms with Crippen LogP contribution < -0.4 is 0 Å². The summed E-state index contributed by atoms with van der Waals surface area (Å²) in [4.78, 5) is 11.6. The Morgan fingerprint density at radius 2 is 2.04 bits per heavy atom. The molecule has 4 aliphatic carbocycles. The van der Waals surface area contributed by atoms with E-state index in [-0.39, 0.29) is 11.4 Å². The van der Waals surface area contributed by atoms with Crippen LogP contribution in [0.1, 0.15) is 58.8 Å². The molecule has 3 fully saturated rings. The van der Waals surface area contributed by atoms with Crippen molar-refractivity contribution in [2.75, 3.05) is 6.61 Å². The highest BCUT2D eigenvalue weighted by atomic mass is 16.5. The summed E-state index contributed by atoms with van der Waals surface area (Å²) >= 11 is 0. The highest BCUT2D eigenvalue weighted by Gasteiger charge is 2.56. The zero-order valence-electron chi connectivity index (χ0n) is 16.3. The fourth-order valence-corrected chi connectivity index (χ4v) is 7.14. The second-order valence-corrected chi connectivity index (χ2v) is 9.71. The number of allylic oxidation sites excluding steroid dienone is 3. The third-order valence-electron chi connectivity index (χ3n) is 8.69. The number of cyclic esters (lactones) is 1. The van der Waals surface area contributed by atoms with Crippen LogP contribution in [0.4, 0.5) is 0 Å². The molecule has 0 aromatic carbocycles. The van der Waals surface area contributed by atoms with Crippen molar-refractivity contribution in [1.29, 1.82) is 0 Å². The molecular formula is C23H29NO3. The third kappa shape index (κ3) is 2.34. The average Bonchev–Trinajstić information content (AvgIpc) is 3.23. The summed E-state index contributed by atoms with van der Waals surface area (Å²) in [5, 5.41) is 12.8. The largest absolute Gasteiger partial charge is 0.458 e. The van der Waals surface area contributed by atoms with Crippen molar-refractivity contribution < 1.29 is 14.7 Å². The van der Waals surface area contributed by atoms with Gasteiger partial charge in [0.1, 0.15) is 6.61 Å². The number of ether oxygens (including phenoxy) is 1. The number of hydrogen-bond acceptors (Lipinski definition) is 4. The number of esters is 1. The summed E-state index contributed by atoms with van der Waals surface area (Å²) in [6.45, 7) is 5.31. The molecule has 0 bridgehead atoms. The molecular weight excluding hydrogens is 338 g/mol. The lowest BCUT2D eigenvalue weighted by atomic mass is 9.46. The quantitative estimate of drug-likeness (QED) is 0.411. The van der Waals surface area contributed by atoms with Gasteiger partial charge in [0.25, 0.3) is 0 Å². The van der Waals surface area contributed by atoms with E-state index in [1.165, 1.54) is 24.8 Å². The summed E-state index contributed by atoms with van der Waals surface area (Å²) in [5.74, 6) is 1.82. The molecule has 0 amide bonds. The maximum absolute atomic E-state index is 11.6. The maximum Gasteiger partial charge on any atom is 0.331 e. The van der Waals surface area contributed by atoms with Crippen LogP contribution in [0.15, 0.2) is 40.1 Å². The van der Waals surface area contributed by atoms with E-state index in [1.54, 1.807) is 11.6 Å². The second-order valence-electron chi connectivity index (χ2n) is 9.71. The van der Waals surface area contributed by atoms with Crippen LogP contribution in [0.2, 0.25) is 0 Å². The molecule has 0 radical (unpaired) electrons. The van der Waals surface area contributed by atoms with E-state index in [2.05, 4.69) is 31.2 Å². The Morgan fingerprint density at radius 1 is 1.19 bits per heavy atom. The van der Waals surface area contributed by atoms with Gasteiger partial charge >= 0.3 is 5.97 Å². The first-order valence-electron chi connectivity index (χ1n) is 10.5. The monoisotopic (exact) mass is 367 g/mol. The van der Waals surface area contributed by atoms with E-state index in [9.17, 15) is 10.0 Å². The van der Waals surface area contributed by atoms with Gasteiger partial charge in [0.2, 0.25) is 0 Å². The highest BCUT2D eigenvalue weighted by Crippen LogP contribution is 2.65. The minimum absolute atomic E-state index is 0.0660. The number of fused-ring (bicyclic) bond motifs is 5. The van der Waals surface area contributed by atoms with Gasteiger partial charge in [0, 0.05) is 17.1 Å². The van der Waals surface area contributed by atoms with Crippen LogP contribution in [0.5, 0.6) is 0 Å². The number of hydrogen-bond donors (Lipinski definition) is 1. The molecule has 1 heterocycles. The molecule has 5 aliphatic rings. The Kier molecular flexibility index (Phi) is 3.73. The van der Waals surface area contributed by atoms with Crippen molar-refractivity contribution in [1.82, 2.24) is 0 Å². The van der Waals surface area contributed by atoms with E-state index in [1.807, 2.05) is 0 Å². The molecule has 3 saturated carbocycles. The first kappa shape index (κ1) is 17.3. The molecule has 4 nitrogen and oxygen atoms in total. The molecule has 0 saturated heterocycles. The Hall–Kier alpha value is -1.84. The predicted octanol–water partition coefficient (Wildman–Crippen LogP) is 4.80.